The smallest absolute Gasteiger partial charge is 0.173 e. The Balaban J connectivity index is 1.88. The molecular formula is C20H14ClN3OS. The molecule has 0 saturated carbocycles. The molecule has 2 aromatic carbocycles. The summed E-state index contributed by atoms with van der Waals surface area (Å²) in [5.41, 5.74) is 8.49. The third kappa shape index (κ3) is 4.05. The highest BCUT2D eigenvalue weighted by molar-refractivity contribution is 8.00. The highest BCUT2D eigenvalue weighted by atomic mass is 35.5. The van der Waals surface area contributed by atoms with Crippen molar-refractivity contribution in [3.8, 4) is 17.2 Å². The first kappa shape index (κ1) is 18.0. The Morgan fingerprint density at radius 3 is 2.50 bits per heavy atom. The van der Waals surface area contributed by atoms with Gasteiger partial charge in [0.1, 0.15) is 16.9 Å². The lowest BCUT2D eigenvalue weighted by Gasteiger charge is -2.10. The summed E-state index contributed by atoms with van der Waals surface area (Å²) in [4.78, 5) is 16.6. The van der Waals surface area contributed by atoms with Crippen LogP contribution in [0, 0.1) is 11.3 Å². The van der Waals surface area contributed by atoms with E-state index in [1.807, 2.05) is 30.3 Å². The van der Waals surface area contributed by atoms with Crippen LogP contribution in [0.3, 0.4) is 0 Å². The Kier molecular flexibility index (Phi) is 5.57. The van der Waals surface area contributed by atoms with Crippen LogP contribution in [-0.4, -0.2) is 16.5 Å². The number of hydrogen-bond acceptors (Lipinski definition) is 5. The molecular weight excluding hydrogens is 366 g/mol. The molecule has 0 amide bonds. The number of nitrogens with two attached hydrogens (primary N) is 1. The van der Waals surface area contributed by atoms with Gasteiger partial charge in [-0.15, -0.1) is 0 Å². The summed E-state index contributed by atoms with van der Waals surface area (Å²) in [6.45, 7) is 0. The second-order valence-corrected chi connectivity index (χ2v) is 6.87. The molecule has 6 heteroatoms. The second kappa shape index (κ2) is 8.05. The summed E-state index contributed by atoms with van der Waals surface area (Å²) in [7, 11) is 0. The first-order chi connectivity index (χ1) is 12.6. The summed E-state index contributed by atoms with van der Waals surface area (Å²) in [5, 5.41) is 10.6. The SMILES string of the molecule is N#Cc1c(-c2ccccc2)cc(N)nc1SCC(=O)c1ccc(Cl)cc1. The number of rotatable bonds is 5. The van der Waals surface area contributed by atoms with E-state index in [0.29, 0.717) is 32.6 Å². The monoisotopic (exact) mass is 379 g/mol. The van der Waals surface area contributed by atoms with Crippen LogP contribution in [0.15, 0.2) is 65.7 Å². The van der Waals surface area contributed by atoms with Crippen LogP contribution in [0.5, 0.6) is 0 Å². The fraction of sp³-hybridized carbons (Fsp3) is 0.0500. The lowest BCUT2D eigenvalue weighted by molar-refractivity contribution is 0.102. The average Bonchev–Trinajstić information content (AvgIpc) is 2.67. The fourth-order valence-corrected chi connectivity index (χ4v) is 3.48. The van der Waals surface area contributed by atoms with Gasteiger partial charge < -0.3 is 5.73 Å². The molecule has 2 N–H and O–H groups in total. The van der Waals surface area contributed by atoms with Crippen molar-refractivity contribution in [2.24, 2.45) is 0 Å². The highest BCUT2D eigenvalue weighted by Crippen LogP contribution is 2.32. The molecule has 0 spiro atoms. The minimum absolute atomic E-state index is 0.0685. The standard InChI is InChI=1S/C20H14ClN3OS/c21-15-8-6-14(7-9-15)18(25)12-26-20-17(11-22)16(10-19(23)24-20)13-4-2-1-3-5-13/h1-10H,12H2,(H2,23,24). The molecule has 0 atom stereocenters. The zero-order chi connectivity index (χ0) is 18.5. The van der Waals surface area contributed by atoms with Gasteiger partial charge in [-0.25, -0.2) is 4.98 Å². The number of nitrogens with zero attached hydrogens (tertiary/aromatic N) is 2. The number of benzene rings is 2. The van der Waals surface area contributed by atoms with Gasteiger partial charge in [0, 0.05) is 16.1 Å². The van der Waals surface area contributed by atoms with Crippen molar-refractivity contribution in [2.75, 3.05) is 11.5 Å². The molecule has 0 aliphatic carbocycles. The third-order valence-electron chi connectivity index (χ3n) is 3.71. The van der Waals surface area contributed by atoms with E-state index < -0.39 is 0 Å². The van der Waals surface area contributed by atoms with Crippen LogP contribution in [0.1, 0.15) is 15.9 Å². The molecule has 0 aliphatic rings. The largest absolute Gasteiger partial charge is 0.384 e. The van der Waals surface area contributed by atoms with Gasteiger partial charge in [0.25, 0.3) is 0 Å². The average molecular weight is 380 g/mol. The molecule has 1 aromatic heterocycles. The quantitative estimate of drug-likeness (QED) is 0.507. The van der Waals surface area contributed by atoms with Crippen molar-refractivity contribution < 1.29 is 4.79 Å². The van der Waals surface area contributed by atoms with Gasteiger partial charge in [0.15, 0.2) is 5.78 Å². The molecule has 0 aliphatic heterocycles. The zero-order valence-corrected chi connectivity index (χ0v) is 15.2. The Labute approximate surface area is 160 Å². The molecule has 0 radical (unpaired) electrons. The number of nitriles is 1. The van der Waals surface area contributed by atoms with Crippen LogP contribution in [0.25, 0.3) is 11.1 Å². The lowest BCUT2D eigenvalue weighted by Crippen LogP contribution is -2.04. The van der Waals surface area contributed by atoms with E-state index in [1.54, 1.807) is 30.3 Å². The van der Waals surface area contributed by atoms with Crippen LogP contribution in [0.4, 0.5) is 5.82 Å². The first-order valence-corrected chi connectivity index (χ1v) is 9.12. The van der Waals surface area contributed by atoms with Crippen molar-refractivity contribution in [1.29, 1.82) is 5.26 Å². The van der Waals surface area contributed by atoms with Crippen LogP contribution in [0.2, 0.25) is 5.02 Å². The number of hydrogen-bond donors (Lipinski definition) is 1. The number of carbonyl (C=O) groups is 1. The van der Waals surface area contributed by atoms with Gasteiger partial charge in [-0.1, -0.05) is 53.7 Å². The number of carbonyl (C=O) groups excluding carboxylic acids is 1. The Hall–Kier alpha value is -2.81. The number of anilines is 1. The minimum Gasteiger partial charge on any atom is -0.384 e. The molecule has 3 rings (SSSR count). The van der Waals surface area contributed by atoms with Crippen molar-refractivity contribution >= 4 is 35.0 Å². The fourth-order valence-electron chi connectivity index (χ4n) is 2.45. The minimum atomic E-state index is -0.0685. The molecule has 4 nitrogen and oxygen atoms in total. The summed E-state index contributed by atoms with van der Waals surface area (Å²) in [6.07, 6.45) is 0. The summed E-state index contributed by atoms with van der Waals surface area (Å²) in [5.74, 6) is 0.395. The Morgan fingerprint density at radius 1 is 1.15 bits per heavy atom. The van der Waals surface area contributed by atoms with E-state index in [1.165, 1.54) is 11.8 Å². The molecule has 0 fully saturated rings. The van der Waals surface area contributed by atoms with Gasteiger partial charge in [0.05, 0.1) is 11.3 Å². The van der Waals surface area contributed by atoms with Crippen LogP contribution >= 0.6 is 23.4 Å². The van der Waals surface area contributed by atoms with Crippen molar-refractivity contribution in [2.45, 2.75) is 5.03 Å². The zero-order valence-electron chi connectivity index (χ0n) is 13.6. The van der Waals surface area contributed by atoms with Crippen molar-refractivity contribution in [3.05, 3.63) is 76.8 Å². The topological polar surface area (TPSA) is 79.8 Å². The lowest BCUT2D eigenvalue weighted by atomic mass is 10.0. The van der Waals surface area contributed by atoms with E-state index in [-0.39, 0.29) is 11.5 Å². The maximum absolute atomic E-state index is 12.4. The number of pyridine rings is 1. The molecule has 0 saturated heterocycles. The van der Waals surface area contributed by atoms with Gasteiger partial charge in [-0.3, -0.25) is 4.79 Å². The van der Waals surface area contributed by atoms with Gasteiger partial charge in [-0.2, -0.15) is 5.26 Å². The number of Topliss-reactive ketones (excluding diaryl/α,β-unsaturated/α-hetero) is 1. The number of ketones is 1. The van der Waals surface area contributed by atoms with E-state index in [0.717, 1.165) is 5.56 Å². The third-order valence-corrected chi connectivity index (χ3v) is 4.94. The highest BCUT2D eigenvalue weighted by Gasteiger charge is 2.16. The number of nitrogen functional groups attached to an aromatic ring is 1. The molecule has 0 bridgehead atoms. The molecule has 3 aromatic rings. The second-order valence-electron chi connectivity index (χ2n) is 5.47. The maximum Gasteiger partial charge on any atom is 0.173 e. The van der Waals surface area contributed by atoms with E-state index in [4.69, 9.17) is 17.3 Å². The van der Waals surface area contributed by atoms with E-state index in [2.05, 4.69) is 11.1 Å². The van der Waals surface area contributed by atoms with Gasteiger partial charge in [-0.05, 0) is 35.9 Å². The van der Waals surface area contributed by atoms with E-state index in [9.17, 15) is 10.1 Å². The maximum atomic E-state index is 12.4. The number of halogens is 1. The van der Waals surface area contributed by atoms with Crippen LogP contribution in [-0.2, 0) is 0 Å². The molecule has 1 heterocycles. The summed E-state index contributed by atoms with van der Waals surface area (Å²) in [6, 6.07) is 20.1. The predicted octanol–water partition coefficient (Wildman–Crippen LogP) is 4.83. The normalized spacial score (nSPS) is 10.3. The van der Waals surface area contributed by atoms with E-state index >= 15 is 0 Å². The molecule has 26 heavy (non-hydrogen) atoms. The number of aromatic nitrogens is 1. The Bertz CT molecular complexity index is 982. The van der Waals surface area contributed by atoms with Crippen LogP contribution < -0.4 is 5.73 Å². The summed E-state index contributed by atoms with van der Waals surface area (Å²) < 4.78 is 0. The van der Waals surface area contributed by atoms with Crippen molar-refractivity contribution in [3.63, 3.8) is 0 Å². The molecule has 128 valence electrons. The summed E-state index contributed by atoms with van der Waals surface area (Å²) >= 11 is 7.05. The number of thioether (sulfide) groups is 1. The van der Waals surface area contributed by atoms with Gasteiger partial charge >= 0.3 is 0 Å². The Morgan fingerprint density at radius 2 is 1.85 bits per heavy atom. The predicted molar refractivity (Wildman–Crippen MR) is 105 cm³/mol. The molecule has 0 unspecified atom stereocenters. The van der Waals surface area contributed by atoms with Crippen molar-refractivity contribution in [1.82, 2.24) is 4.98 Å². The van der Waals surface area contributed by atoms with Gasteiger partial charge in [0.2, 0.25) is 0 Å². The first-order valence-electron chi connectivity index (χ1n) is 7.76.